The van der Waals surface area contributed by atoms with E-state index < -0.39 is 12.0 Å². The standard InChI is InChI=1S/C19H18BrNO3/c1-2-12-24-19(23)17(13-14-6-4-3-5-7-14)21-18(22)15-8-10-16(20)11-9-15/h2-11,17H,1,12-13H2,(H,21,22). The first-order valence-corrected chi connectivity index (χ1v) is 8.27. The average Bonchev–Trinajstić information content (AvgIpc) is 2.60. The van der Waals surface area contributed by atoms with Crippen LogP contribution in [-0.4, -0.2) is 24.5 Å². The van der Waals surface area contributed by atoms with Crippen LogP contribution in [0.2, 0.25) is 0 Å². The topological polar surface area (TPSA) is 55.4 Å². The maximum Gasteiger partial charge on any atom is 0.329 e. The van der Waals surface area contributed by atoms with Crippen LogP contribution in [0, 0.1) is 0 Å². The molecule has 1 unspecified atom stereocenters. The molecule has 124 valence electrons. The van der Waals surface area contributed by atoms with Crippen LogP contribution < -0.4 is 5.32 Å². The van der Waals surface area contributed by atoms with Crippen molar-refractivity contribution in [1.29, 1.82) is 0 Å². The zero-order valence-corrected chi connectivity index (χ0v) is 14.7. The number of nitrogens with one attached hydrogen (secondary N) is 1. The second-order valence-corrected chi connectivity index (χ2v) is 6.06. The molecule has 0 aliphatic rings. The van der Waals surface area contributed by atoms with Crippen LogP contribution in [0.15, 0.2) is 71.7 Å². The Morgan fingerprint density at radius 2 is 1.79 bits per heavy atom. The molecular weight excluding hydrogens is 370 g/mol. The summed E-state index contributed by atoms with van der Waals surface area (Å²) in [5, 5.41) is 2.75. The summed E-state index contributed by atoms with van der Waals surface area (Å²) in [6.07, 6.45) is 1.85. The fourth-order valence-electron chi connectivity index (χ4n) is 2.13. The van der Waals surface area contributed by atoms with Gasteiger partial charge in [0.1, 0.15) is 12.6 Å². The van der Waals surface area contributed by atoms with Gasteiger partial charge in [0.25, 0.3) is 5.91 Å². The molecule has 0 saturated carbocycles. The van der Waals surface area contributed by atoms with Gasteiger partial charge in [-0.2, -0.15) is 0 Å². The van der Waals surface area contributed by atoms with Crippen LogP contribution in [0.3, 0.4) is 0 Å². The molecule has 0 bridgehead atoms. The van der Waals surface area contributed by atoms with Gasteiger partial charge in [-0.15, -0.1) is 0 Å². The minimum atomic E-state index is -0.761. The smallest absolute Gasteiger partial charge is 0.329 e. The molecule has 1 N–H and O–H groups in total. The summed E-state index contributed by atoms with van der Waals surface area (Å²) in [4.78, 5) is 24.6. The highest BCUT2D eigenvalue weighted by molar-refractivity contribution is 9.10. The summed E-state index contributed by atoms with van der Waals surface area (Å²) in [5.74, 6) is -0.803. The van der Waals surface area contributed by atoms with Crippen molar-refractivity contribution < 1.29 is 14.3 Å². The quantitative estimate of drug-likeness (QED) is 0.583. The Hall–Kier alpha value is -2.40. The third kappa shape index (κ3) is 5.35. The highest BCUT2D eigenvalue weighted by Crippen LogP contribution is 2.11. The average molecular weight is 388 g/mol. The van der Waals surface area contributed by atoms with Crippen LogP contribution in [0.5, 0.6) is 0 Å². The summed E-state index contributed by atoms with van der Waals surface area (Å²) in [6.45, 7) is 3.63. The Morgan fingerprint density at radius 1 is 1.12 bits per heavy atom. The molecule has 1 atom stereocenters. The van der Waals surface area contributed by atoms with E-state index in [9.17, 15) is 9.59 Å². The molecule has 4 nitrogen and oxygen atoms in total. The van der Waals surface area contributed by atoms with Gasteiger partial charge in [0.2, 0.25) is 0 Å². The molecule has 0 aliphatic heterocycles. The fraction of sp³-hybridized carbons (Fsp3) is 0.158. The molecule has 2 rings (SSSR count). The molecule has 0 saturated heterocycles. The lowest BCUT2D eigenvalue weighted by molar-refractivity contribution is -0.144. The van der Waals surface area contributed by atoms with Crippen LogP contribution >= 0.6 is 15.9 Å². The van der Waals surface area contributed by atoms with Crippen molar-refractivity contribution in [2.75, 3.05) is 6.61 Å². The molecule has 0 fully saturated rings. The molecule has 0 aliphatic carbocycles. The predicted octanol–water partition coefficient (Wildman–Crippen LogP) is 3.52. The van der Waals surface area contributed by atoms with E-state index in [1.807, 2.05) is 30.3 Å². The normalized spacial score (nSPS) is 11.4. The first-order valence-electron chi connectivity index (χ1n) is 7.48. The molecule has 2 aromatic rings. The maximum absolute atomic E-state index is 12.4. The third-order valence-electron chi connectivity index (χ3n) is 3.32. The largest absolute Gasteiger partial charge is 0.460 e. The van der Waals surface area contributed by atoms with Crippen LogP contribution in [-0.2, 0) is 16.0 Å². The van der Waals surface area contributed by atoms with Crippen molar-refractivity contribution in [1.82, 2.24) is 5.32 Å². The van der Waals surface area contributed by atoms with Crippen molar-refractivity contribution in [3.05, 3.63) is 82.9 Å². The van der Waals surface area contributed by atoms with Crippen molar-refractivity contribution in [3.63, 3.8) is 0 Å². The number of carbonyl (C=O) groups excluding carboxylic acids is 2. The van der Waals surface area contributed by atoms with E-state index in [0.717, 1.165) is 10.0 Å². The van der Waals surface area contributed by atoms with Gasteiger partial charge in [0.15, 0.2) is 0 Å². The number of hydrogen-bond acceptors (Lipinski definition) is 3. The number of halogens is 1. The van der Waals surface area contributed by atoms with E-state index in [0.29, 0.717) is 12.0 Å². The van der Waals surface area contributed by atoms with E-state index in [1.165, 1.54) is 6.08 Å². The predicted molar refractivity (Wildman–Crippen MR) is 96.7 cm³/mol. The molecule has 1 amide bonds. The van der Waals surface area contributed by atoms with E-state index >= 15 is 0 Å². The van der Waals surface area contributed by atoms with Gasteiger partial charge in [-0.25, -0.2) is 4.79 Å². The van der Waals surface area contributed by atoms with E-state index in [2.05, 4.69) is 27.8 Å². The lowest BCUT2D eigenvalue weighted by Gasteiger charge is -2.17. The summed E-state index contributed by atoms with van der Waals surface area (Å²) < 4.78 is 5.98. The van der Waals surface area contributed by atoms with Crippen molar-refractivity contribution in [2.45, 2.75) is 12.5 Å². The lowest BCUT2D eigenvalue weighted by Crippen LogP contribution is -2.43. The zero-order valence-electron chi connectivity index (χ0n) is 13.1. The summed E-state index contributed by atoms with van der Waals surface area (Å²) >= 11 is 3.33. The highest BCUT2D eigenvalue weighted by atomic mass is 79.9. The van der Waals surface area contributed by atoms with Gasteiger partial charge in [0, 0.05) is 16.5 Å². The molecule has 0 aromatic heterocycles. The van der Waals surface area contributed by atoms with E-state index in [-0.39, 0.29) is 12.5 Å². The minimum absolute atomic E-state index is 0.109. The summed E-state index contributed by atoms with van der Waals surface area (Å²) in [6, 6.07) is 15.6. The number of esters is 1. The second-order valence-electron chi connectivity index (χ2n) is 5.14. The molecule has 0 radical (unpaired) electrons. The van der Waals surface area contributed by atoms with Gasteiger partial charge < -0.3 is 10.1 Å². The van der Waals surface area contributed by atoms with Gasteiger partial charge in [-0.05, 0) is 29.8 Å². The Labute approximate surface area is 149 Å². The molecular formula is C19H18BrNO3. The number of carbonyl (C=O) groups is 2. The number of hydrogen-bond donors (Lipinski definition) is 1. The Balaban J connectivity index is 2.12. The Kier molecular flexibility index (Phi) is 6.75. The lowest BCUT2D eigenvalue weighted by atomic mass is 10.1. The molecule has 0 spiro atoms. The van der Waals surface area contributed by atoms with Gasteiger partial charge in [-0.3, -0.25) is 4.79 Å². The Morgan fingerprint density at radius 3 is 2.42 bits per heavy atom. The zero-order chi connectivity index (χ0) is 17.4. The van der Waals surface area contributed by atoms with Crippen LogP contribution in [0.1, 0.15) is 15.9 Å². The van der Waals surface area contributed by atoms with Crippen molar-refractivity contribution >= 4 is 27.8 Å². The Bertz CT molecular complexity index is 698. The van der Waals surface area contributed by atoms with E-state index in [1.54, 1.807) is 24.3 Å². The van der Waals surface area contributed by atoms with Crippen LogP contribution in [0.25, 0.3) is 0 Å². The first-order chi connectivity index (χ1) is 11.6. The van der Waals surface area contributed by atoms with Crippen molar-refractivity contribution in [3.8, 4) is 0 Å². The SMILES string of the molecule is C=CCOC(=O)C(Cc1ccccc1)NC(=O)c1ccc(Br)cc1. The monoisotopic (exact) mass is 387 g/mol. The molecule has 24 heavy (non-hydrogen) atoms. The summed E-state index contributed by atoms with van der Waals surface area (Å²) in [5.41, 5.74) is 1.42. The van der Waals surface area contributed by atoms with Gasteiger partial charge in [-0.1, -0.05) is 58.9 Å². The maximum atomic E-state index is 12.4. The van der Waals surface area contributed by atoms with E-state index in [4.69, 9.17) is 4.74 Å². The third-order valence-corrected chi connectivity index (χ3v) is 3.85. The first kappa shape index (κ1) is 17.9. The second kappa shape index (κ2) is 9.03. The summed E-state index contributed by atoms with van der Waals surface area (Å²) in [7, 11) is 0. The van der Waals surface area contributed by atoms with Crippen LogP contribution in [0.4, 0.5) is 0 Å². The number of benzene rings is 2. The van der Waals surface area contributed by atoms with Crippen molar-refractivity contribution in [2.24, 2.45) is 0 Å². The van der Waals surface area contributed by atoms with Gasteiger partial charge in [0.05, 0.1) is 0 Å². The molecule has 2 aromatic carbocycles. The molecule has 0 heterocycles. The fourth-order valence-corrected chi connectivity index (χ4v) is 2.39. The number of ether oxygens (including phenoxy) is 1. The van der Waals surface area contributed by atoms with Gasteiger partial charge >= 0.3 is 5.97 Å². The minimum Gasteiger partial charge on any atom is -0.460 e. The molecule has 5 heteroatoms. The number of amides is 1. The highest BCUT2D eigenvalue weighted by Gasteiger charge is 2.23. The number of rotatable bonds is 7.